The van der Waals surface area contributed by atoms with E-state index >= 15 is 0 Å². The van der Waals surface area contributed by atoms with Gasteiger partial charge in [0.05, 0.1) is 0 Å². The minimum absolute atomic E-state index is 0.0189. The van der Waals surface area contributed by atoms with E-state index in [4.69, 9.17) is 0 Å². The summed E-state index contributed by atoms with van der Waals surface area (Å²) >= 11 is 0. The molecule has 0 bridgehead atoms. The van der Waals surface area contributed by atoms with E-state index in [0.717, 1.165) is 25.2 Å². The molecule has 2 aromatic rings. The van der Waals surface area contributed by atoms with Crippen molar-refractivity contribution in [3.63, 3.8) is 0 Å². The highest BCUT2D eigenvalue weighted by molar-refractivity contribution is 5.92. The maximum absolute atomic E-state index is 12.6. The second kappa shape index (κ2) is 6.40. The topological polar surface area (TPSA) is 54.9 Å². The Kier molecular flexibility index (Phi) is 4.32. The molecule has 1 saturated carbocycles. The highest BCUT2D eigenvalue weighted by atomic mass is 19.3. The van der Waals surface area contributed by atoms with Crippen LogP contribution >= 0.6 is 0 Å². The Morgan fingerprint density at radius 1 is 1.26 bits per heavy atom. The summed E-state index contributed by atoms with van der Waals surface area (Å²) in [5.74, 6) is 0.00561. The number of nitrogens with zero attached hydrogens (tertiary/aromatic N) is 2. The number of amides is 1. The molecule has 120 valence electrons. The van der Waals surface area contributed by atoms with Crippen molar-refractivity contribution < 1.29 is 13.6 Å². The zero-order valence-electron chi connectivity index (χ0n) is 12.7. The minimum Gasteiger partial charge on any atom is -0.348 e. The summed E-state index contributed by atoms with van der Waals surface area (Å²) in [6.45, 7) is 2.08. The number of hydrogen-bond acceptors (Lipinski definition) is 3. The Labute approximate surface area is 133 Å². The SMILES string of the molecule is Cc1ccccc1C1CC(NC(=O)c2cc(C(F)F)ncn2)C1. The first-order chi connectivity index (χ1) is 11.0. The Morgan fingerprint density at radius 2 is 2.00 bits per heavy atom. The predicted molar refractivity (Wildman–Crippen MR) is 81.4 cm³/mol. The molecule has 1 fully saturated rings. The second-order valence-corrected chi connectivity index (χ2v) is 5.82. The molecular weight excluding hydrogens is 300 g/mol. The summed E-state index contributed by atoms with van der Waals surface area (Å²) in [5.41, 5.74) is 2.10. The molecule has 1 aromatic carbocycles. The molecule has 1 N–H and O–H groups in total. The van der Waals surface area contributed by atoms with E-state index in [9.17, 15) is 13.6 Å². The molecule has 1 heterocycles. The summed E-state index contributed by atoms with van der Waals surface area (Å²) in [5, 5.41) is 2.84. The number of carbonyl (C=O) groups is 1. The molecular formula is C17H17F2N3O. The highest BCUT2D eigenvalue weighted by Crippen LogP contribution is 2.38. The first kappa shape index (κ1) is 15.5. The average molecular weight is 317 g/mol. The molecule has 0 atom stereocenters. The summed E-state index contributed by atoms with van der Waals surface area (Å²) in [6, 6.07) is 9.30. The number of carbonyl (C=O) groups excluding carboxylic acids is 1. The van der Waals surface area contributed by atoms with Gasteiger partial charge >= 0.3 is 0 Å². The van der Waals surface area contributed by atoms with E-state index in [-0.39, 0.29) is 11.7 Å². The third-order valence-electron chi connectivity index (χ3n) is 4.25. The van der Waals surface area contributed by atoms with Gasteiger partial charge in [0.25, 0.3) is 12.3 Å². The van der Waals surface area contributed by atoms with Crippen molar-refractivity contribution in [3.8, 4) is 0 Å². The highest BCUT2D eigenvalue weighted by Gasteiger charge is 2.32. The fourth-order valence-corrected chi connectivity index (χ4v) is 2.91. The van der Waals surface area contributed by atoms with E-state index < -0.39 is 18.0 Å². The maximum atomic E-state index is 12.6. The number of aryl methyl sites for hydroxylation is 1. The lowest BCUT2D eigenvalue weighted by atomic mass is 9.74. The van der Waals surface area contributed by atoms with Crippen LogP contribution in [0.5, 0.6) is 0 Å². The van der Waals surface area contributed by atoms with Crippen molar-refractivity contribution in [1.29, 1.82) is 0 Å². The van der Waals surface area contributed by atoms with Crippen molar-refractivity contribution >= 4 is 5.91 Å². The normalized spacial score (nSPS) is 20.2. The largest absolute Gasteiger partial charge is 0.348 e. The zero-order chi connectivity index (χ0) is 16.4. The van der Waals surface area contributed by atoms with Crippen LogP contribution in [-0.2, 0) is 0 Å². The van der Waals surface area contributed by atoms with Crippen LogP contribution in [0, 0.1) is 6.92 Å². The van der Waals surface area contributed by atoms with Gasteiger partial charge in [0.1, 0.15) is 17.7 Å². The van der Waals surface area contributed by atoms with Gasteiger partial charge in [-0.3, -0.25) is 4.79 Å². The Balaban J connectivity index is 1.59. The Bertz CT molecular complexity index is 714. The van der Waals surface area contributed by atoms with E-state index in [0.29, 0.717) is 5.92 Å². The lowest BCUT2D eigenvalue weighted by Gasteiger charge is -2.36. The van der Waals surface area contributed by atoms with Crippen LogP contribution in [0.4, 0.5) is 8.78 Å². The molecule has 0 aliphatic heterocycles. The number of aromatic nitrogens is 2. The van der Waals surface area contributed by atoms with Crippen molar-refractivity contribution in [3.05, 3.63) is 59.2 Å². The number of nitrogens with one attached hydrogen (secondary N) is 1. The summed E-state index contributed by atoms with van der Waals surface area (Å²) in [7, 11) is 0. The van der Waals surface area contributed by atoms with Gasteiger partial charge in [0.15, 0.2) is 0 Å². The fourth-order valence-electron chi connectivity index (χ4n) is 2.91. The van der Waals surface area contributed by atoms with Gasteiger partial charge in [-0.15, -0.1) is 0 Å². The second-order valence-electron chi connectivity index (χ2n) is 5.82. The van der Waals surface area contributed by atoms with Crippen LogP contribution in [0.1, 0.15) is 52.5 Å². The predicted octanol–water partition coefficient (Wildman–Crippen LogP) is 3.40. The summed E-state index contributed by atoms with van der Waals surface area (Å²) in [4.78, 5) is 19.3. The smallest absolute Gasteiger partial charge is 0.280 e. The van der Waals surface area contributed by atoms with Gasteiger partial charge in [0, 0.05) is 6.04 Å². The van der Waals surface area contributed by atoms with Gasteiger partial charge in [-0.2, -0.15) is 0 Å². The van der Waals surface area contributed by atoms with Crippen molar-refractivity contribution in [2.75, 3.05) is 0 Å². The zero-order valence-corrected chi connectivity index (χ0v) is 12.7. The lowest BCUT2D eigenvalue weighted by Crippen LogP contribution is -2.43. The molecule has 4 nitrogen and oxygen atoms in total. The van der Waals surface area contributed by atoms with E-state index in [1.807, 2.05) is 12.1 Å². The standard InChI is InChI=1S/C17H17F2N3O/c1-10-4-2-3-5-13(10)11-6-12(7-11)22-17(23)15-8-14(16(18)19)20-9-21-15/h2-5,8-9,11-12,16H,6-7H2,1H3,(H,22,23). The number of rotatable bonds is 4. The number of alkyl halides is 2. The molecule has 6 heteroatoms. The van der Waals surface area contributed by atoms with E-state index in [1.54, 1.807) is 0 Å². The van der Waals surface area contributed by atoms with Crippen molar-refractivity contribution in [1.82, 2.24) is 15.3 Å². The van der Waals surface area contributed by atoms with Crippen LogP contribution in [0.3, 0.4) is 0 Å². The van der Waals surface area contributed by atoms with Crippen LogP contribution in [0.15, 0.2) is 36.7 Å². The summed E-state index contributed by atoms with van der Waals surface area (Å²) < 4.78 is 25.2. The van der Waals surface area contributed by atoms with Crippen LogP contribution in [0.25, 0.3) is 0 Å². The number of hydrogen-bond donors (Lipinski definition) is 1. The molecule has 1 aliphatic rings. The molecule has 23 heavy (non-hydrogen) atoms. The van der Waals surface area contributed by atoms with Crippen LogP contribution in [0.2, 0.25) is 0 Å². The third-order valence-corrected chi connectivity index (χ3v) is 4.25. The van der Waals surface area contributed by atoms with Gasteiger partial charge in [-0.1, -0.05) is 24.3 Å². The van der Waals surface area contributed by atoms with Crippen LogP contribution < -0.4 is 5.32 Å². The fraction of sp³-hybridized carbons (Fsp3) is 0.353. The molecule has 0 unspecified atom stereocenters. The van der Waals surface area contributed by atoms with Gasteiger partial charge < -0.3 is 5.32 Å². The van der Waals surface area contributed by atoms with Gasteiger partial charge in [-0.05, 0) is 42.9 Å². The monoisotopic (exact) mass is 317 g/mol. The van der Waals surface area contributed by atoms with E-state index in [1.165, 1.54) is 11.1 Å². The summed E-state index contributed by atoms with van der Waals surface area (Å²) in [6.07, 6.45) is -0.0150. The first-order valence-electron chi connectivity index (χ1n) is 7.51. The Morgan fingerprint density at radius 3 is 2.70 bits per heavy atom. The molecule has 0 spiro atoms. The number of halogens is 2. The van der Waals surface area contributed by atoms with Gasteiger partial charge in [0.2, 0.25) is 0 Å². The average Bonchev–Trinajstić information content (AvgIpc) is 2.51. The molecule has 1 aliphatic carbocycles. The lowest BCUT2D eigenvalue weighted by molar-refractivity contribution is 0.0902. The third kappa shape index (κ3) is 3.36. The van der Waals surface area contributed by atoms with Crippen molar-refractivity contribution in [2.24, 2.45) is 0 Å². The molecule has 3 rings (SSSR count). The molecule has 0 saturated heterocycles. The maximum Gasteiger partial charge on any atom is 0.280 e. The van der Waals surface area contributed by atoms with Crippen molar-refractivity contribution in [2.45, 2.75) is 38.2 Å². The van der Waals surface area contributed by atoms with E-state index in [2.05, 4.69) is 34.3 Å². The first-order valence-corrected chi connectivity index (χ1v) is 7.51. The number of benzene rings is 1. The molecule has 1 aromatic heterocycles. The molecule has 1 amide bonds. The van der Waals surface area contributed by atoms with Gasteiger partial charge in [-0.25, -0.2) is 18.7 Å². The van der Waals surface area contributed by atoms with Crippen LogP contribution in [-0.4, -0.2) is 21.9 Å². The molecule has 0 radical (unpaired) electrons. The Hall–Kier alpha value is -2.37. The quantitative estimate of drug-likeness (QED) is 0.940. The minimum atomic E-state index is -2.71.